The standard InChI is InChI=1S/C29H27FN4O3/c1-16-10-19(25-8-9-34(3)29(37)33-25)11-17(2)27(16)18-4-6-24(30)20(12-18)14-31-21-5-7-26(32-15-21)22-13-23(22)28(35)36/h4-12,15,22-23,31H,13-14H2,1-3H3,(H,35,36)/t22-,23-/m0/s1. The predicted molar refractivity (Wildman–Crippen MR) is 140 cm³/mol. The van der Waals surface area contributed by atoms with Crippen molar-refractivity contribution in [3.05, 3.63) is 99.6 Å². The summed E-state index contributed by atoms with van der Waals surface area (Å²) in [6.45, 7) is 4.27. The van der Waals surface area contributed by atoms with Gasteiger partial charge in [0.1, 0.15) is 5.82 Å². The van der Waals surface area contributed by atoms with Gasteiger partial charge in [0, 0.05) is 42.5 Å². The van der Waals surface area contributed by atoms with Crippen molar-refractivity contribution in [1.82, 2.24) is 14.5 Å². The summed E-state index contributed by atoms with van der Waals surface area (Å²) in [6, 6.07) is 14.6. The molecule has 0 amide bonds. The summed E-state index contributed by atoms with van der Waals surface area (Å²) >= 11 is 0. The van der Waals surface area contributed by atoms with E-state index in [0.29, 0.717) is 17.7 Å². The first-order valence-corrected chi connectivity index (χ1v) is 12.1. The molecule has 0 bridgehead atoms. The van der Waals surface area contributed by atoms with Crippen LogP contribution in [0.25, 0.3) is 22.4 Å². The van der Waals surface area contributed by atoms with Crippen LogP contribution in [0.1, 0.15) is 34.7 Å². The molecule has 7 nitrogen and oxygen atoms in total. The van der Waals surface area contributed by atoms with Gasteiger partial charge in [-0.05, 0) is 85.0 Å². The third kappa shape index (κ3) is 5.00. The molecule has 1 saturated carbocycles. The van der Waals surface area contributed by atoms with Crippen molar-refractivity contribution in [2.24, 2.45) is 13.0 Å². The number of hydrogen-bond acceptors (Lipinski definition) is 5. The third-order valence-corrected chi connectivity index (χ3v) is 6.89. The zero-order chi connectivity index (χ0) is 26.3. The molecule has 4 aromatic rings. The normalized spacial score (nSPS) is 16.4. The van der Waals surface area contributed by atoms with Crippen LogP contribution >= 0.6 is 0 Å². The van der Waals surface area contributed by atoms with E-state index >= 15 is 0 Å². The zero-order valence-electron chi connectivity index (χ0n) is 20.8. The molecule has 188 valence electrons. The minimum absolute atomic E-state index is 0.0263. The van der Waals surface area contributed by atoms with Crippen LogP contribution in [0.4, 0.5) is 10.1 Å². The van der Waals surface area contributed by atoms with E-state index in [1.807, 2.05) is 50.2 Å². The molecule has 5 rings (SSSR count). The first-order valence-electron chi connectivity index (χ1n) is 12.1. The summed E-state index contributed by atoms with van der Waals surface area (Å²) in [5.74, 6) is -1.46. The summed E-state index contributed by atoms with van der Waals surface area (Å²) < 4.78 is 16.1. The number of aryl methyl sites for hydroxylation is 3. The Morgan fingerprint density at radius 2 is 1.86 bits per heavy atom. The molecule has 1 fully saturated rings. The van der Waals surface area contributed by atoms with E-state index in [4.69, 9.17) is 5.11 Å². The molecule has 1 aliphatic carbocycles. The average Bonchev–Trinajstić information content (AvgIpc) is 3.67. The molecule has 0 aliphatic heterocycles. The van der Waals surface area contributed by atoms with Gasteiger partial charge in [0.25, 0.3) is 0 Å². The fourth-order valence-corrected chi connectivity index (χ4v) is 4.78. The molecule has 2 N–H and O–H groups in total. The maximum absolute atomic E-state index is 14.7. The Kier molecular flexibility index (Phi) is 6.33. The number of carbonyl (C=O) groups is 1. The van der Waals surface area contributed by atoms with Crippen LogP contribution in [0.5, 0.6) is 0 Å². The van der Waals surface area contributed by atoms with Crippen molar-refractivity contribution < 1.29 is 14.3 Å². The fraction of sp³-hybridized carbons (Fsp3) is 0.241. The number of anilines is 1. The first-order chi connectivity index (χ1) is 17.7. The van der Waals surface area contributed by atoms with Gasteiger partial charge in [-0.2, -0.15) is 4.98 Å². The maximum atomic E-state index is 14.7. The number of nitrogens with one attached hydrogen (secondary N) is 1. The van der Waals surface area contributed by atoms with Crippen molar-refractivity contribution in [1.29, 1.82) is 0 Å². The highest BCUT2D eigenvalue weighted by atomic mass is 19.1. The number of hydrogen-bond donors (Lipinski definition) is 2. The lowest BCUT2D eigenvalue weighted by Gasteiger charge is -2.15. The molecule has 37 heavy (non-hydrogen) atoms. The van der Waals surface area contributed by atoms with Crippen LogP contribution in [0, 0.1) is 25.6 Å². The number of aromatic nitrogens is 3. The highest BCUT2D eigenvalue weighted by Crippen LogP contribution is 2.46. The van der Waals surface area contributed by atoms with Crippen molar-refractivity contribution in [3.8, 4) is 22.4 Å². The van der Waals surface area contributed by atoms with Crippen LogP contribution < -0.4 is 11.0 Å². The van der Waals surface area contributed by atoms with Crippen LogP contribution in [0.15, 0.2) is 65.7 Å². The maximum Gasteiger partial charge on any atom is 0.347 e. The Balaban J connectivity index is 1.35. The second-order valence-corrected chi connectivity index (χ2v) is 9.61. The van der Waals surface area contributed by atoms with E-state index in [1.54, 1.807) is 25.5 Å². The van der Waals surface area contributed by atoms with Gasteiger partial charge in [0.15, 0.2) is 0 Å². The van der Waals surface area contributed by atoms with Crippen molar-refractivity contribution >= 4 is 11.7 Å². The summed E-state index contributed by atoms with van der Waals surface area (Å²) in [5.41, 5.74) is 7.11. The lowest BCUT2D eigenvalue weighted by atomic mass is 9.91. The molecular weight excluding hydrogens is 471 g/mol. The van der Waals surface area contributed by atoms with Crippen molar-refractivity contribution in [2.75, 3.05) is 5.32 Å². The van der Waals surface area contributed by atoms with Crippen molar-refractivity contribution in [3.63, 3.8) is 0 Å². The fourth-order valence-electron chi connectivity index (χ4n) is 4.78. The van der Waals surface area contributed by atoms with E-state index in [-0.39, 0.29) is 29.9 Å². The molecule has 0 saturated heterocycles. The van der Waals surface area contributed by atoms with Crippen molar-refractivity contribution in [2.45, 2.75) is 32.7 Å². The van der Waals surface area contributed by atoms with Gasteiger partial charge in [-0.15, -0.1) is 0 Å². The zero-order valence-corrected chi connectivity index (χ0v) is 20.8. The minimum atomic E-state index is -0.785. The number of aliphatic carboxylic acids is 1. The Morgan fingerprint density at radius 3 is 2.49 bits per heavy atom. The lowest BCUT2D eigenvalue weighted by molar-refractivity contribution is -0.138. The molecule has 0 radical (unpaired) electrons. The Hall–Kier alpha value is -4.33. The van der Waals surface area contributed by atoms with Gasteiger partial charge in [-0.25, -0.2) is 9.18 Å². The van der Waals surface area contributed by atoms with Crippen LogP contribution in [0.2, 0.25) is 0 Å². The van der Waals surface area contributed by atoms with Gasteiger partial charge >= 0.3 is 11.7 Å². The third-order valence-electron chi connectivity index (χ3n) is 6.89. The minimum Gasteiger partial charge on any atom is -0.481 e. The van der Waals surface area contributed by atoms with Crippen LogP contribution in [-0.2, 0) is 18.4 Å². The summed E-state index contributed by atoms with van der Waals surface area (Å²) in [6.07, 6.45) is 3.98. The molecule has 2 aromatic carbocycles. The van der Waals surface area contributed by atoms with E-state index in [9.17, 15) is 14.0 Å². The Labute approximate surface area is 213 Å². The van der Waals surface area contributed by atoms with Gasteiger partial charge < -0.3 is 15.0 Å². The largest absolute Gasteiger partial charge is 0.481 e. The molecule has 8 heteroatoms. The second-order valence-electron chi connectivity index (χ2n) is 9.61. The number of rotatable bonds is 7. The number of halogens is 1. The monoisotopic (exact) mass is 498 g/mol. The van der Waals surface area contributed by atoms with E-state index in [2.05, 4.69) is 15.3 Å². The SMILES string of the molecule is Cc1cc(-c2ccn(C)c(=O)n2)cc(C)c1-c1ccc(F)c(CNc2ccc([C@H]3C[C@@H]3C(=O)O)nc2)c1. The molecule has 2 aromatic heterocycles. The van der Waals surface area contributed by atoms with Crippen LogP contribution in [-0.4, -0.2) is 25.6 Å². The average molecular weight is 499 g/mol. The molecule has 2 atom stereocenters. The number of pyridine rings is 1. The van der Waals surface area contributed by atoms with Gasteiger partial charge in [-0.1, -0.05) is 6.07 Å². The first kappa shape index (κ1) is 24.4. The number of nitrogens with zero attached hydrogens (tertiary/aromatic N) is 3. The Morgan fingerprint density at radius 1 is 1.11 bits per heavy atom. The summed E-state index contributed by atoms with van der Waals surface area (Å²) in [7, 11) is 1.66. The van der Waals surface area contributed by atoms with Gasteiger partial charge in [0.2, 0.25) is 0 Å². The molecule has 0 spiro atoms. The quantitative estimate of drug-likeness (QED) is 0.370. The van der Waals surface area contributed by atoms with E-state index in [1.165, 1.54) is 10.6 Å². The molecule has 1 aliphatic rings. The highest BCUT2D eigenvalue weighted by Gasteiger charge is 2.45. The number of benzene rings is 2. The highest BCUT2D eigenvalue weighted by molar-refractivity contribution is 5.76. The number of carboxylic acids is 1. The molecule has 2 heterocycles. The van der Waals surface area contributed by atoms with Crippen LogP contribution in [0.3, 0.4) is 0 Å². The summed E-state index contributed by atoms with van der Waals surface area (Å²) in [5, 5.41) is 12.3. The lowest BCUT2D eigenvalue weighted by Crippen LogP contribution is -2.19. The van der Waals surface area contributed by atoms with E-state index in [0.717, 1.165) is 39.2 Å². The molecule has 0 unspecified atom stereocenters. The van der Waals surface area contributed by atoms with Gasteiger partial charge in [0.05, 0.1) is 23.5 Å². The predicted octanol–water partition coefficient (Wildman–Crippen LogP) is 5.07. The second kappa shape index (κ2) is 9.61. The summed E-state index contributed by atoms with van der Waals surface area (Å²) in [4.78, 5) is 31.6. The smallest absolute Gasteiger partial charge is 0.347 e. The topological polar surface area (TPSA) is 97.1 Å². The number of carboxylic acid groups (broad SMARTS) is 1. The molecular formula is C29H27FN4O3. The van der Waals surface area contributed by atoms with Gasteiger partial charge in [-0.3, -0.25) is 9.78 Å². The Bertz CT molecular complexity index is 1540. The van der Waals surface area contributed by atoms with E-state index < -0.39 is 5.97 Å².